The first-order chi connectivity index (χ1) is 15.4. The second-order valence-corrected chi connectivity index (χ2v) is 7.85. The zero-order chi connectivity index (χ0) is 23.1. The van der Waals surface area contributed by atoms with Crippen LogP contribution in [0.1, 0.15) is 31.2 Å². The van der Waals surface area contributed by atoms with Gasteiger partial charge in [-0.25, -0.2) is 4.98 Å². The maximum absolute atomic E-state index is 12.1. The minimum atomic E-state index is -0.534. The van der Waals surface area contributed by atoms with Crippen molar-refractivity contribution >= 4 is 39.1 Å². The van der Waals surface area contributed by atoms with Crippen molar-refractivity contribution < 1.29 is 9.72 Å². The Kier molecular flexibility index (Phi) is 7.91. The van der Waals surface area contributed by atoms with Crippen molar-refractivity contribution in [2.45, 2.75) is 38.6 Å². The minimum absolute atomic E-state index is 0.0168. The van der Waals surface area contributed by atoms with Crippen LogP contribution in [-0.2, 0) is 4.79 Å². The topological polar surface area (TPSA) is 149 Å². The Hall–Kier alpha value is -3.30. The first kappa shape index (κ1) is 23.4. The first-order valence-electron chi connectivity index (χ1n) is 10.9. The van der Waals surface area contributed by atoms with Crippen LogP contribution in [0.25, 0.3) is 21.8 Å². The average molecular weight is 439 g/mol. The number of nitrogens with zero attached hydrogens (tertiary/aromatic N) is 2. The molecule has 0 bridgehead atoms. The third-order valence-corrected chi connectivity index (χ3v) is 5.47. The molecule has 0 aliphatic rings. The molecule has 0 saturated heterocycles. The Balaban J connectivity index is 1.74. The van der Waals surface area contributed by atoms with Crippen LogP contribution in [-0.4, -0.2) is 41.5 Å². The first-order valence-corrected chi connectivity index (χ1v) is 10.9. The van der Waals surface area contributed by atoms with E-state index in [0.717, 1.165) is 29.3 Å². The van der Waals surface area contributed by atoms with Gasteiger partial charge in [0.1, 0.15) is 5.39 Å². The van der Waals surface area contributed by atoms with Gasteiger partial charge in [0.25, 0.3) is 5.69 Å². The largest absolute Gasteiger partial charge is 0.384 e. The number of nitrogens with two attached hydrogens (primary N) is 2. The fourth-order valence-corrected chi connectivity index (χ4v) is 3.73. The van der Waals surface area contributed by atoms with Crippen LogP contribution >= 0.6 is 0 Å². The van der Waals surface area contributed by atoms with E-state index in [4.69, 9.17) is 11.5 Å². The summed E-state index contributed by atoms with van der Waals surface area (Å²) >= 11 is 0. The molecular weight excluding hydrogens is 408 g/mol. The van der Waals surface area contributed by atoms with E-state index < -0.39 is 6.04 Å². The number of aromatic nitrogens is 1. The molecular formula is C23H30N6O3. The Bertz CT molecular complexity index is 1120. The number of pyridine rings is 1. The van der Waals surface area contributed by atoms with Gasteiger partial charge in [-0.2, -0.15) is 0 Å². The maximum atomic E-state index is 12.1. The Morgan fingerprint density at radius 2 is 1.94 bits per heavy atom. The maximum Gasteiger partial charge on any atom is 0.280 e. The number of para-hydroxylation sites is 1. The summed E-state index contributed by atoms with van der Waals surface area (Å²) in [7, 11) is 0. The molecule has 0 unspecified atom stereocenters. The van der Waals surface area contributed by atoms with Crippen LogP contribution in [0.15, 0.2) is 36.4 Å². The Labute approximate surface area is 186 Å². The predicted octanol–water partition coefficient (Wildman–Crippen LogP) is 2.98. The molecule has 1 heterocycles. The number of amides is 1. The van der Waals surface area contributed by atoms with E-state index in [-0.39, 0.29) is 16.5 Å². The number of fused-ring (bicyclic) bond motifs is 2. The zero-order valence-corrected chi connectivity index (χ0v) is 18.3. The molecule has 0 aliphatic carbocycles. The highest BCUT2D eigenvalue weighted by molar-refractivity contribution is 6.11. The quantitative estimate of drug-likeness (QED) is 0.156. The molecule has 2 aromatic carbocycles. The molecule has 0 aliphatic heterocycles. The van der Waals surface area contributed by atoms with Gasteiger partial charge in [-0.1, -0.05) is 30.7 Å². The summed E-state index contributed by atoms with van der Waals surface area (Å²) in [4.78, 5) is 28.1. The van der Waals surface area contributed by atoms with Crippen molar-refractivity contribution in [1.82, 2.24) is 10.3 Å². The SMILES string of the molecule is Cc1ccc([N+](=O)[O-])c2c(NCCCNC(=O)[C@@H](N)CCCCN)c3ccccc3nc12. The second-order valence-electron chi connectivity index (χ2n) is 7.85. The van der Waals surface area contributed by atoms with Crippen LogP contribution in [0.3, 0.4) is 0 Å². The number of unbranched alkanes of at least 4 members (excludes halogenated alkanes) is 1. The lowest BCUT2D eigenvalue weighted by atomic mass is 10.0. The van der Waals surface area contributed by atoms with Crippen LogP contribution in [0, 0.1) is 17.0 Å². The molecule has 0 fully saturated rings. The summed E-state index contributed by atoms with van der Waals surface area (Å²) in [6, 6.07) is 10.3. The molecule has 1 amide bonds. The van der Waals surface area contributed by atoms with Crippen LogP contribution < -0.4 is 22.1 Å². The van der Waals surface area contributed by atoms with Crippen molar-refractivity contribution in [3.8, 4) is 0 Å². The van der Waals surface area contributed by atoms with Gasteiger partial charge >= 0.3 is 0 Å². The number of benzene rings is 2. The number of hydrogen-bond donors (Lipinski definition) is 4. The number of carbonyl (C=O) groups is 1. The predicted molar refractivity (Wildman–Crippen MR) is 128 cm³/mol. The van der Waals surface area contributed by atoms with Gasteiger partial charge in [0.2, 0.25) is 5.91 Å². The van der Waals surface area contributed by atoms with E-state index in [9.17, 15) is 14.9 Å². The van der Waals surface area contributed by atoms with Crippen molar-refractivity contribution in [3.63, 3.8) is 0 Å². The summed E-state index contributed by atoms with van der Waals surface area (Å²) < 4.78 is 0. The standard InChI is InChI=1S/C23H30N6O3/c1-15-10-11-19(29(31)32)20-21(15)28-18-9-3-2-7-16(18)22(20)26-13-6-14-27-23(30)17(25)8-4-5-12-24/h2-3,7,9-11,17H,4-6,8,12-14,24-25H2,1H3,(H,26,28)(H,27,30)/t17-/m0/s1. The molecule has 9 heteroatoms. The number of nitro benzene ring substituents is 1. The van der Waals surface area contributed by atoms with Crippen molar-refractivity contribution in [2.75, 3.05) is 25.0 Å². The van der Waals surface area contributed by atoms with Gasteiger partial charge < -0.3 is 22.1 Å². The van der Waals surface area contributed by atoms with Gasteiger partial charge in [-0.15, -0.1) is 0 Å². The van der Waals surface area contributed by atoms with Crippen molar-refractivity contribution in [2.24, 2.45) is 11.5 Å². The van der Waals surface area contributed by atoms with Crippen molar-refractivity contribution in [1.29, 1.82) is 0 Å². The van der Waals surface area contributed by atoms with Gasteiger partial charge in [-0.3, -0.25) is 14.9 Å². The molecule has 0 spiro atoms. The lowest BCUT2D eigenvalue weighted by Crippen LogP contribution is -2.41. The number of carbonyl (C=O) groups excluding carboxylic acids is 1. The third-order valence-electron chi connectivity index (χ3n) is 5.47. The number of hydrogen-bond acceptors (Lipinski definition) is 7. The monoisotopic (exact) mass is 438 g/mol. The molecule has 170 valence electrons. The summed E-state index contributed by atoms with van der Waals surface area (Å²) in [5.74, 6) is -0.173. The molecule has 0 radical (unpaired) electrons. The van der Waals surface area contributed by atoms with E-state index >= 15 is 0 Å². The van der Waals surface area contributed by atoms with Gasteiger partial charge in [0, 0.05) is 24.5 Å². The second kappa shape index (κ2) is 10.8. The van der Waals surface area contributed by atoms with E-state index in [0.29, 0.717) is 49.1 Å². The Morgan fingerprint density at radius 1 is 1.16 bits per heavy atom. The highest BCUT2D eigenvalue weighted by Crippen LogP contribution is 2.37. The molecule has 1 aromatic heterocycles. The van der Waals surface area contributed by atoms with Crippen LogP contribution in [0.5, 0.6) is 0 Å². The molecule has 0 saturated carbocycles. The Morgan fingerprint density at radius 3 is 2.69 bits per heavy atom. The molecule has 6 N–H and O–H groups in total. The molecule has 9 nitrogen and oxygen atoms in total. The number of aryl methyl sites for hydroxylation is 1. The van der Waals surface area contributed by atoms with Crippen LogP contribution in [0.4, 0.5) is 11.4 Å². The minimum Gasteiger partial charge on any atom is -0.384 e. The average Bonchev–Trinajstić information content (AvgIpc) is 2.78. The highest BCUT2D eigenvalue weighted by atomic mass is 16.6. The summed E-state index contributed by atoms with van der Waals surface area (Å²) in [6.07, 6.45) is 2.93. The van der Waals surface area contributed by atoms with E-state index in [1.807, 2.05) is 31.2 Å². The number of nitrogens with one attached hydrogen (secondary N) is 2. The normalized spacial score (nSPS) is 12.1. The number of rotatable bonds is 11. The lowest BCUT2D eigenvalue weighted by molar-refractivity contribution is -0.383. The zero-order valence-electron chi connectivity index (χ0n) is 18.3. The number of non-ortho nitro benzene ring substituents is 1. The summed E-state index contributed by atoms with van der Waals surface area (Å²) in [5.41, 5.74) is 14.3. The summed E-state index contributed by atoms with van der Waals surface area (Å²) in [5, 5.41) is 19.2. The molecule has 32 heavy (non-hydrogen) atoms. The molecule has 1 atom stereocenters. The van der Waals surface area contributed by atoms with E-state index in [1.165, 1.54) is 6.07 Å². The van der Waals surface area contributed by atoms with Crippen LogP contribution in [0.2, 0.25) is 0 Å². The fourth-order valence-electron chi connectivity index (χ4n) is 3.73. The number of anilines is 1. The highest BCUT2D eigenvalue weighted by Gasteiger charge is 2.20. The fraction of sp³-hybridized carbons (Fsp3) is 0.391. The lowest BCUT2D eigenvalue weighted by Gasteiger charge is -2.15. The smallest absolute Gasteiger partial charge is 0.280 e. The van der Waals surface area contributed by atoms with Gasteiger partial charge in [-0.05, 0) is 44.4 Å². The summed E-state index contributed by atoms with van der Waals surface area (Å²) in [6.45, 7) is 3.47. The third kappa shape index (κ3) is 5.30. The number of nitro groups is 1. The van der Waals surface area contributed by atoms with Crippen molar-refractivity contribution in [3.05, 3.63) is 52.1 Å². The molecule has 3 aromatic rings. The molecule has 3 rings (SSSR count). The van der Waals surface area contributed by atoms with Gasteiger partial charge in [0.15, 0.2) is 0 Å². The van der Waals surface area contributed by atoms with E-state index in [2.05, 4.69) is 15.6 Å². The van der Waals surface area contributed by atoms with Gasteiger partial charge in [0.05, 0.1) is 27.7 Å². The van der Waals surface area contributed by atoms with E-state index in [1.54, 1.807) is 6.07 Å².